The number of ether oxygens (including phenoxy) is 1. The lowest BCUT2D eigenvalue weighted by Gasteiger charge is -2.23. The topological polar surface area (TPSA) is 99.1 Å². The molecule has 4 rings (SSSR count). The Labute approximate surface area is 149 Å². The Bertz CT molecular complexity index is 904. The quantitative estimate of drug-likeness (QED) is 0.568. The molecular weight excluding hydrogens is 336 g/mol. The van der Waals surface area contributed by atoms with E-state index in [0.717, 1.165) is 16.3 Å². The molecule has 0 saturated carbocycles. The van der Waals surface area contributed by atoms with Gasteiger partial charge in [-0.3, -0.25) is 15.0 Å². The number of fused-ring (bicyclic) bond motifs is 1. The standard InChI is InChI=1S/C19H18N2O5/c22-10-16-15(23)9-17(26-16)21-14(18(24)20-19(21)25)8-12-6-3-5-11-4-1-2-7-13(11)12/h1-8,15-17,22-23H,9-10H2,(H,20,24,25)/b14-8-/t15-,16+,17+/m0/s1. The van der Waals surface area contributed by atoms with Crippen molar-refractivity contribution in [2.75, 3.05) is 6.61 Å². The monoisotopic (exact) mass is 354 g/mol. The van der Waals surface area contributed by atoms with Crippen molar-refractivity contribution in [2.45, 2.75) is 24.9 Å². The van der Waals surface area contributed by atoms with E-state index in [-0.39, 0.29) is 18.7 Å². The molecule has 2 fully saturated rings. The molecule has 0 aromatic heterocycles. The van der Waals surface area contributed by atoms with Crippen molar-refractivity contribution in [2.24, 2.45) is 0 Å². The lowest BCUT2D eigenvalue weighted by Crippen LogP contribution is -2.37. The van der Waals surface area contributed by atoms with Gasteiger partial charge in [-0.1, -0.05) is 42.5 Å². The van der Waals surface area contributed by atoms with Crippen LogP contribution in [0.4, 0.5) is 4.79 Å². The second-order valence-electron chi connectivity index (χ2n) is 6.34. The minimum atomic E-state index is -0.896. The molecule has 3 amide bonds. The summed E-state index contributed by atoms with van der Waals surface area (Å²) < 4.78 is 5.55. The van der Waals surface area contributed by atoms with Gasteiger partial charge in [-0.25, -0.2) is 4.79 Å². The molecule has 0 bridgehead atoms. The van der Waals surface area contributed by atoms with Crippen molar-refractivity contribution in [1.29, 1.82) is 0 Å². The lowest BCUT2D eigenvalue weighted by molar-refractivity contribution is -0.116. The van der Waals surface area contributed by atoms with Gasteiger partial charge in [0.05, 0.1) is 12.7 Å². The molecule has 0 unspecified atom stereocenters. The van der Waals surface area contributed by atoms with Crippen LogP contribution in [-0.2, 0) is 9.53 Å². The molecule has 26 heavy (non-hydrogen) atoms. The first-order valence-corrected chi connectivity index (χ1v) is 8.37. The Balaban J connectivity index is 1.74. The first-order chi connectivity index (χ1) is 12.6. The first kappa shape index (κ1) is 16.7. The lowest BCUT2D eigenvalue weighted by atomic mass is 10.0. The van der Waals surface area contributed by atoms with Crippen LogP contribution in [0.5, 0.6) is 0 Å². The van der Waals surface area contributed by atoms with Crippen LogP contribution >= 0.6 is 0 Å². The van der Waals surface area contributed by atoms with E-state index in [1.165, 1.54) is 4.90 Å². The zero-order chi connectivity index (χ0) is 18.3. The summed E-state index contributed by atoms with van der Waals surface area (Å²) in [7, 11) is 0. The summed E-state index contributed by atoms with van der Waals surface area (Å²) in [6.45, 7) is -0.358. The minimum Gasteiger partial charge on any atom is -0.394 e. The minimum absolute atomic E-state index is 0.124. The number of hydrogen-bond acceptors (Lipinski definition) is 5. The van der Waals surface area contributed by atoms with Gasteiger partial charge < -0.3 is 14.9 Å². The summed E-state index contributed by atoms with van der Waals surface area (Å²) in [6, 6.07) is 12.9. The Hall–Kier alpha value is -2.74. The number of nitrogens with zero attached hydrogens (tertiary/aromatic N) is 1. The molecule has 3 N–H and O–H groups in total. The molecule has 2 saturated heterocycles. The smallest absolute Gasteiger partial charge is 0.331 e. The second-order valence-corrected chi connectivity index (χ2v) is 6.34. The van der Waals surface area contributed by atoms with E-state index in [1.807, 2.05) is 42.5 Å². The molecule has 2 aliphatic rings. The van der Waals surface area contributed by atoms with Crippen LogP contribution in [0.2, 0.25) is 0 Å². The molecule has 2 aromatic rings. The second kappa shape index (κ2) is 6.53. The number of nitrogens with one attached hydrogen (secondary N) is 1. The molecule has 0 radical (unpaired) electrons. The summed E-state index contributed by atoms with van der Waals surface area (Å²) in [5.74, 6) is -0.520. The fraction of sp³-hybridized carbons (Fsp3) is 0.263. The highest BCUT2D eigenvalue weighted by Gasteiger charge is 2.45. The van der Waals surface area contributed by atoms with Gasteiger partial charge in [-0.05, 0) is 22.4 Å². The summed E-state index contributed by atoms with van der Waals surface area (Å²) in [6.07, 6.45) is -0.715. The third kappa shape index (κ3) is 2.76. The number of benzene rings is 2. The van der Waals surface area contributed by atoms with Gasteiger partial charge in [0.15, 0.2) is 0 Å². The molecule has 2 aromatic carbocycles. The van der Waals surface area contributed by atoms with E-state index in [2.05, 4.69) is 5.32 Å². The van der Waals surface area contributed by atoms with Gasteiger partial charge in [0.1, 0.15) is 18.0 Å². The third-order valence-corrected chi connectivity index (χ3v) is 4.72. The maximum Gasteiger partial charge on any atom is 0.331 e. The fourth-order valence-electron chi connectivity index (χ4n) is 3.42. The maximum absolute atomic E-state index is 12.3. The van der Waals surface area contributed by atoms with Crippen LogP contribution in [0.1, 0.15) is 12.0 Å². The van der Waals surface area contributed by atoms with Crippen LogP contribution in [0.15, 0.2) is 48.2 Å². The average molecular weight is 354 g/mol. The largest absolute Gasteiger partial charge is 0.394 e. The number of aliphatic hydroxyl groups is 2. The Kier molecular flexibility index (Phi) is 4.20. The molecule has 7 heteroatoms. The number of rotatable bonds is 3. The van der Waals surface area contributed by atoms with E-state index in [0.29, 0.717) is 0 Å². The predicted molar refractivity (Wildman–Crippen MR) is 93.7 cm³/mol. The van der Waals surface area contributed by atoms with Crippen molar-refractivity contribution >= 4 is 28.8 Å². The van der Waals surface area contributed by atoms with Crippen LogP contribution in [0.3, 0.4) is 0 Å². The van der Waals surface area contributed by atoms with Gasteiger partial charge in [0, 0.05) is 6.42 Å². The Morgan fingerprint density at radius 1 is 1.19 bits per heavy atom. The Morgan fingerprint density at radius 3 is 2.73 bits per heavy atom. The SMILES string of the molecule is O=C1NC(=O)N([C@H]2C[C@H](O)[C@@H](CO)O2)/C1=C\c1cccc2ccccc12. The van der Waals surface area contributed by atoms with E-state index >= 15 is 0 Å². The van der Waals surface area contributed by atoms with Gasteiger partial charge in [0.25, 0.3) is 5.91 Å². The molecule has 3 atom stereocenters. The number of amides is 3. The highest BCUT2D eigenvalue weighted by Crippen LogP contribution is 2.30. The molecule has 0 spiro atoms. The van der Waals surface area contributed by atoms with E-state index in [4.69, 9.17) is 4.74 Å². The Morgan fingerprint density at radius 2 is 1.96 bits per heavy atom. The van der Waals surface area contributed by atoms with E-state index in [1.54, 1.807) is 6.08 Å². The van der Waals surface area contributed by atoms with Gasteiger partial charge >= 0.3 is 6.03 Å². The number of hydrogen-bond donors (Lipinski definition) is 3. The summed E-state index contributed by atoms with van der Waals surface area (Å²) in [4.78, 5) is 25.8. The van der Waals surface area contributed by atoms with Crippen molar-refractivity contribution < 1.29 is 24.5 Å². The van der Waals surface area contributed by atoms with Gasteiger partial charge in [-0.2, -0.15) is 0 Å². The summed E-state index contributed by atoms with van der Waals surface area (Å²) in [5.41, 5.74) is 0.951. The van der Waals surface area contributed by atoms with Crippen molar-refractivity contribution in [1.82, 2.24) is 10.2 Å². The summed E-state index contributed by atoms with van der Waals surface area (Å²) in [5, 5.41) is 23.4. The molecule has 0 aliphatic carbocycles. The molecule has 7 nitrogen and oxygen atoms in total. The van der Waals surface area contributed by atoms with Crippen molar-refractivity contribution in [3.8, 4) is 0 Å². The number of carbonyl (C=O) groups excluding carboxylic acids is 2. The number of aliphatic hydroxyl groups excluding tert-OH is 2. The van der Waals surface area contributed by atoms with Crippen LogP contribution < -0.4 is 5.32 Å². The first-order valence-electron chi connectivity index (χ1n) is 8.37. The van der Waals surface area contributed by atoms with Crippen LogP contribution in [0.25, 0.3) is 16.8 Å². The van der Waals surface area contributed by atoms with Gasteiger partial charge in [-0.15, -0.1) is 0 Å². The summed E-state index contributed by atoms with van der Waals surface area (Å²) >= 11 is 0. The fourth-order valence-corrected chi connectivity index (χ4v) is 3.42. The number of urea groups is 1. The normalized spacial score (nSPS) is 27.5. The van der Waals surface area contributed by atoms with Crippen molar-refractivity contribution in [3.63, 3.8) is 0 Å². The van der Waals surface area contributed by atoms with Crippen molar-refractivity contribution in [3.05, 3.63) is 53.7 Å². The highest BCUT2D eigenvalue weighted by molar-refractivity contribution is 6.14. The molecular formula is C19H18N2O5. The average Bonchev–Trinajstić information content (AvgIpc) is 3.14. The number of imide groups is 1. The van der Waals surface area contributed by atoms with E-state index in [9.17, 15) is 19.8 Å². The zero-order valence-corrected chi connectivity index (χ0v) is 13.8. The van der Waals surface area contributed by atoms with Gasteiger partial charge in [0.2, 0.25) is 0 Å². The number of carbonyl (C=O) groups is 2. The van der Waals surface area contributed by atoms with Crippen LogP contribution in [-0.4, -0.2) is 52.1 Å². The third-order valence-electron chi connectivity index (χ3n) is 4.72. The zero-order valence-electron chi connectivity index (χ0n) is 13.8. The molecule has 134 valence electrons. The maximum atomic E-state index is 12.3. The van der Waals surface area contributed by atoms with E-state index < -0.39 is 30.4 Å². The predicted octanol–water partition coefficient (Wildman–Crippen LogP) is 1.20. The van der Waals surface area contributed by atoms with Crippen LogP contribution in [0, 0.1) is 0 Å². The molecule has 2 heterocycles. The molecule has 2 aliphatic heterocycles. The highest BCUT2D eigenvalue weighted by atomic mass is 16.5.